The van der Waals surface area contributed by atoms with Crippen LogP contribution in [0, 0.1) is 0 Å². The number of carbonyl (C=O) groups excluding carboxylic acids is 6. The van der Waals surface area contributed by atoms with Gasteiger partial charge in [0.1, 0.15) is 40.3 Å². The molecule has 3 N–H and O–H groups in total. The van der Waals surface area contributed by atoms with Crippen LogP contribution in [-0.4, -0.2) is 89.4 Å². The van der Waals surface area contributed by atoms with Crippen molar-refractivity contribution >= 4 is 58.0 Å². The number of amides is 3. The lowest BCUT2D eigenvalue weighted by atomic mass is 10.1. The lowest BCUT2D eigenvalue weighted by Gasteiger charge is -2.28. The summed E-state index contributed by atoms with van der Waals surface area (Å²) in [6, 6.07) is 9.14. The number of alkyl carbamates (subject to hydrolysis) is 2. The monoisotopic (exact) mass is 877 g/mol. The van der Waals surface area contributed by atoms with Gasteiger partial charge in [0.2, 0.25) is 5.96 Å². The Morgan fingerprint density at radius 1 is 0.607 bits per heavy atom. The molecule has 0 saturated heterocycles. The van der Waals surface area contributed by atoms with Crippen molar-refractivity contribution < 1.29 is 65.6 Å². The van der Waals surface area contributed by atoms with E-state index in [0.717, 1.165) is 6.07 Å². The van der Waals surface area contributed by atoms with Gasteiger partial charge in [0.25, 0.3) is 0 Å². The van der Waals surface area contributed by atoms with E-state index in [9.17, 15) is 37.2 Å². The lowest BCUT2D eigenvalue weighted by Crippen LogP contribution is -2.48. The minimum Gasteiger partial charge on any atom is -0.459 e. The van der Waals surface area contributed by atoms with Gasteiger partial charge in [-0.05, 0) is 146 Å². The molecule has 0 heterocycles. The van der Waals surface area contributed by atoms with Crippen LogP contribution in [0.2, 0.25) is 0 Å². The normalized spacial score (nSPS) is 12.2. The van der Waals surface area contributed by atoms with E-state index < -0.39 is 87.5 Å². The summed E-state index contributed by atoms with van der Waals surface area (Å²) in [7, 11) is -4.82. The fourth-order valence-electron chi connectivity index (χ4n) is 4.46. The second-order valence-corrected chi connectivity index (χ2v) is 20.1. The minimum atomic E-state index is -4.82. The van der Waals surface area contributed by atoms with E-state index in [1.165, 1.54) is 57.2 Å². The molecule has 0 radical (unpaired) electrons. The molecule has 19 nitrogen and oxygen atoms in total. The van der Waals surface area contributed by atoms with Crippen LogP contribution in [0.25, 0.3) is 0 Å². The van der Waals surface area contributed by atoms with Crippen molar-refractivity contribution in [1.29, 1.82) is 0 Å². The average molecular weight is 878 g/mol. The van der Waals surface area contributed by atoms with Gasteiger partial charge in [-0.3, -0.25) is 15.4 Å². The summed E-state index contributed by atoms with van der Waals surface area (Å²) in [5, 5.41) is 4.72. The largest absolute Gasteiger partial charge is 0.459 e. The van der Waals surface area contributed by atoms with E-state index in [-0.39, 0.29) is 34.1 Å². The van der Waals surface area contributed by atoms with Crippen LogP contribution in [0.3, 0.4) is 0 Å². The highest BCUT2D eigenvalue weighted by atomic mass is 32.2. The van der Waals surface area contributed by atoms with Gasteiger partial charge in [-0.25, -0.2) is 29.0 Å². The van der Waals surface area contributed by atoms with Gasteiger partial charge in [-0.2, -0.15) is 17.4 Å². The molecule has 0 spiro atoms. The molecule has 0 aliphatic rings. The fraction of sp³-hybridized carbons (Fsp3) is 0.537. The zero-order chi connectivity index (χ0) is 46.9. The average Bonchev–Trinajstić information content (AvgIpc) is 3.02. The Balaban J connectivity index is 2.50. The van der Waals surface area contributed by atoms with Crippen molar-refractivity contribution in [2.24, 2.45) is 4.99 Å². The third kappa shape index (κ3) is 19.9. The van der Waals surface area contributed by atoms with Crippen LogP contribution in [0.4, 0.5) is 20.1 Å². The van der Waals surface area contributed by atoms with Gasteiger partial charge < -0.3 is 28.4 Å². The lowest BCUT2D eigenvalue weighted by molar-refractivity contribution is -0.153. The Labute approximate surface area is 357 Å². The first-order chi connectivity index (χ1) is 27.5. The highest BCUT2D eigenvalue weighted by Crippen LogP contribution is 2.26. The van der Waals surface area contributed by atoms with Crippen molar-refractivity contribution in [1.82, 2.24) is 19.7 Å². The second kappa shape index (κ2) is 19.7. The van der Waals surface area contributed by atoms with Gasteiger partial charge >= 0.3 is 46.4 Å². The first-order valence-corrected chi connectivity index (χ1v) is 20.4. The van der Waals surface area contributed by atoms with E-state index >= 15 is 0 Å². The van der Waals surface area contributed by atoms with Crippen molar-refractivity contribution in [3.63, 3.8) is 0 Å². The zero-order valence-corrected chi connectivity index (χ0v) is 38.3. The first kappa shape index (κ1) is 51.4. The van der Waals surface area contributed by atoms with E-state index in [0.29, 0.717) is 4.31 Å². The SMILES string of the molecule is CC(C)(C)OC(=O)CNS(=O)(=O)N(Cc1ccc(OC(=O)c2ccc(N=C(NC(=O)OC(C)(C)C)NC(=O)OC(C)(C)C)cc2)cc1C(=O)OC(C)(C)C)C(=O)OC(C)(C)C. The molecule has 0 saturated carbocycles. The first-order valence-electron chi connectivity index (χ1n) is 19.0. The Hall–Kier alpha value is -5.76. The van der Waals surface area contributed by atoms with Crippen LogP contribution in [0.1, 0.15) is 130 Å². The van der Waals surface area contributed by atoms with Crippen LogP contribution in [0.15, 0.2) is 47.5 Å². The van der Waals surface area contributed by atoms with E-state index in [2.05, 4.69) is 15.6 Å². The van der Waals surface area contributed by atoms with Crippen LogP contribution >= 0.6 is 0 Å². The summed E-state index contributed by atoms with van der Waals surface area (Å²) < 4.78 is 61.6. The molecule has 2 aromatic carbocycles. The Morgan fingerprint density at radius 2 is 1.08 bits per heavy atom. The van der Waals surface area contributed by atoms with E-state index in [1.54, 1.807) is 83.1 Å². The molecule has 2 rings (SSSR count). The molecule has 3 amide bonds. The highest BCUT2D eigenvalue weighted by molar-refractivity contribution is 7.87. The van der Waals surface area contributed by atoms with E-state index in [1.807, 2.05) is 4.72 Å². The molecule has 0 bridgehead atoms. The molecule has 0 fully saturated rings. The summed E-state index contributed by atoms with van der Waals surface area (Å²) >= 11 is 0. The highest BCUT2D eigenvalue weighted by Gasteiger charge is 2.35. The van der Waals surface area contributed by atoms with Gasteiger partial charge in [0.15, 0.2) is 0 Å². The zero-order valence-electron chi connectivity index (χ0n) is 37.5. The summed E-state index contributed by atoms with van der Waals surface area (Å²) in [6.07, 6.45) is -3.14. The molecule has 2 aromatic rings. The molecular weight excluding hydrogens is 819 g/mol. The van der Waals surface area contributed by atoms with Gasteiger partial charge in [-0.1, -0.05) is 6.07 Å². The molecule has 61 heavy (non-hydrogen) atoms. The number of hydrogen-bond donors (Lipinski definition) is 3. The number of esters is 3. The summed E-state index contributed by atoms with van der Waals surface area (Å²) in [5.41, 5.74) is -4.94. The van der Waals surface area contributed by atoms with Gasteiger partial charge in [0, 0.05) is 0 Å². The van der Waals surface area contributed by atoms with Crippen LogP contribution in [0.5, 0.6) is 5.75 Å². The number of aliphatic imine (C=N–C) groups is 1. The molecule has 0 atom stereocenters. The quantitative estimate of drug-likeness (QED) is 0.0730. The molecule has 0 aromatic heterocycles. The van der Waals surface area contributed by atoms with Crippen molar-refractivity contribution in [3.8, 4) is 5.75 Å². The Bertz CT molecular complexity index is 2050. The molecule has 20 heteroatoms. The molecule has 0 unspecified atom stereocenters. The number of carbonyl (C=O) groups is 6. The standard InChI is InChI=1S/C41H59N5O14S/c1-37(2,3)56-30(47)23-42-61(53,54)46(36(52)60-41(13,14)15)24-26-18-21-28(22-29(26)32(49)57-38(4,5)6)55-31(48)25-16-19-27(20-17-25)43-33(44-34(50)58-39(7,8)9)45-35(51)59-40(10,11)12/h16-22,42H,23-24H2,1-15H3,(H2,43,44,45,50,51). The number of guanidine groups is 1. The third-order valence-electron chi connectivity index (χ3n) is 6.51. The fourth-order valence-corrected chi connectivity index (χ4v) is 5.45. The maximum Gasteiger partial charge on any atom is 0.425 e. The minimum absolute atomic E-state index is 0.0156. The molecule has 0 aliphatic heterocycles. The Morgan fingerprint density at radius 3 is 1.54 bits per heavy atom. The summed E-state index contributed by atoms with van der Waals surface area (Å²) in [6.45, 7) is 22.4. The number of nitrogens with zero attached hydrogens (tertiary/aromatic N) is 2. The summed E-state index contributed by atoms with van der Waals surface area (Å²) in [5.74, 6) is -3.23. The maximum absolute atomic E-state index is 13.6. The van der Waals surface area contributed by atoms with Crippen molar-refractivity contribution in [3.05, 3.63) is 59.2 Å². The predicted octanol–water partition coefficient (Wildman–Crippen LogP) is 6.81. The topological polar surface area (TPSA) is 244 Å². The molecule has 0 aliphatic carbocycles. The number of ether oxygens (including phenoxy) is 6. The Kier molecular flexibility index (Phi) is 16.6. The summed E-state index contributed by atoms with van der Waals surface area (Å²) in [4.78, 5) is 81.9. The number of rotatable bonds is 10. The number of hydrogen-bond acceptors (Lipinski definition) is 15. The van der Waals surface area contributed by atoms with Crippen molar-refractivity contribution in [2.45, 2.75) is 138 Å². The number of nitrogens with one attached hydrogen (secondary N) is 3. The number of benzene rings is 2. The van der Waals surface area contributed by atoms with Gasteiger partial charge in [-0.15, -0.1) is 0 Å². The van der Waals surface area contributed by atoms with Crippen molar-refractivity contribution in [2.75, 3.05) is 6.54 Å². The van der Waals surface area contributed by atoms with Crippen LogP contribution < -0.4 is 20.1 Å². The molecule has 338 valence electrons. The third-order valence-corrected chi connectivity index (χ3v) is 7.88. The predicted molar refractivity (Wildman–Crippen MR) is 223 cm³/mol. The smallest absolute Gasteiger partial charge is 0.425 e. The van der Waals surface area contributed by atoms with E-state index in [4.69, 9.17) is 28.4 Å². The maximum atomic E-state index is 13.6. The van der Waals surface area contributed by atoms with Gasteiger partial charge in [0.05, 0.1) is 23.4 Å². The second-order valence-electron chi connectivity index (χ2n) is 18.4. The van der Waals surface area contributed by atoms with Crippen LogP contribution in [-0.2, 0) is 45.2 Å². The molecular formula is C41H59N5O14S.